The quantitative estimate of drug-likeness (QED) is 0.615. The highest BCUT2D eigenvalue weighted by Gasteiger charge is 2.29. The average molecular weight is 437 g/mol. The second kappa shape index (κ2) is 10.2. The number of nitrogens with zero attached hydrogens (tertiary/aromatic N) is 1. The highest BCUT2D eigenvalue weighted by Crippen LogP contribution is 2.28. The second-order valence-electron chi connectivity index (χ2n) is 6.57. The third-order valence-electron chi connectivity index (χ3n) is 4.41. The van der Waals surface area contributed by atoms with Gasteiger partial charge in [-0.15, -0.1) is 0 Å². The van der Waals surface area contributed by atoms with Crippen LogP contribution in [0.1, 0.15) is 19.4 Å². The highest BCUT2D eigenvalue weighted by molar-refractivity contribution is 7.92. The molecule has 1 atom stereocenters. The van der Waals surface area contributed by atoms with Crippen molar-refractivity contribution in [3.63, 3.8) is 0 Å². The van der Waals surface area contributed by atoms with Gasteiger partial charge in [0.1, 0.15) is 11.8 Å². The van der Waals surface area contributed by atoms with Gasteiger partial charge < -0.3 is 19.5 Å². The number of nitrogens with one attached hydrogen (secondary N) is 1. The van der Waals surface area contributed by atoms with Crippen LogP contribution in [0.3, 0.4) is 0 Å². The van der Waals surface area contributed by atoms with Crippen molar-refractivity contribution in [2.45, 2.75) is 26.4 Å². The van der Waals surface area contributed by atoms with Crippen molar-refractivity contribution in [1.29, 1.82) is 0 Å². The molecule has 0 aliphatic heterocycles. The molecule has 0 spiro atoms. The van der Waals surface area contributed by atoms with Gasteiger partial charge in [-0.3, -0.25) is 9.10 Å². The van der Waals surface area contributed by atoms with E-state index < -0.39 is 22.0 Å². The van der Waals surface area contributed by atoms with E-state index >= 15 is 0 Å². The van der Waals surface area contributed by atoms with Crippen molar-refractivity contribution in [3.8, 4) is 17.2 Å². The maximum absolute atomic E-state index is 12.7. The van der Waals surface area contributed by atoms with Crippen LogP contribution < -0.4 is 23.8 Å². The Kier molecular flexibility index (Phi) is 7.93. The van der Waals surface area contributed by atoms with Gasteiger partial charge in [-0.2, -0.15) is 0 Å². The molecule has 0 unspecified atom stereocenters. The lowest BCUT2D eigenvalue weighted by Gasteiger charge is -2.28. The Morgan fingerprint density at radius 2 is 1.70 bits per heavy atom. The summed E-state index contributed by atoms with van der Waals surface area (Å²) in [7, 11) is -0.621. The first-order valence-corrected chi connectivity index (χ1v) is 11.3. The number of methoxy groups -OCH3 is 2. The van der Waals surface area contributed by atoms with Gasteiger partial charge in [0.15, 0.2) is 11.5 Å². The fraction of sp³-hybridized carbons (Fsp3) is 0.381. The van der Waals surface area contributed by atoms with Gasteiger partial charge in [-0.25, -0.2) is 8.42 Å². The van der Waals surface area contributed by atoms with Crippen molar-refractivity contribution in [3.05, 3.63) is 48.0 Å². The Hall–Kier alpha value is -2.94. The summed E-state index contributed by atoms with van der Waals surface area (Å²) in [6.45, 7) is 4.12. The fourth-order valence-electron chi connectivity index (χ4n) is 2.99. The zero-order valence-electron chi connectivity index (χ0n) is 17.8. The van der Waals surface area contributed by atoms with Gasteiger partial charge in [0.05, 0.1) is 32.8 Å². The molecule has 2 aromatic carbocycles. The van der Waals surface area contributed by atoms with E-state index in [0.717, 1.165) is 16.1 Å². The molecular formula is C21H28N2O6S. The lowest BCUT2D eigenvalue weighted by atomic mass is 10.2. The first-order valence-electron chi connectivity index (χ1n) is 9.42. The molecular weight excluding hydrogens is 408 g/mol. The van der Waals surface area contributed by atoms with Crippen LogP contribution in [0.5, 0.6) is 17.2 Å². The maximum Gasteiger partial charge on any atom is 0.243 e. The Bertz CT molecular complexity index is 960. The molecule has 2 aromatic rings. The molecule has 0 aromatic heterocycles. The van der Waals surface area contributed by atoms with Crippen LogP contribution in [-0.2, 0) is 21.4 Å². The standard InChI is InChI=1S/C21H28N2O6S/c1-6-29-18-10-8-17(9-11-18)23(30(5,25)26)15(2)21(24)22-14-16-7-12-19(27-3)20(13-16)28-4/h7-13,15H,6,14H2,1-5H3,(H,22,24)/t15-/m0/s1. The maximum atomic E-state index is 12.7. The monoisotopic (exact) mass is 436 g/mol. The lowest BCUT2D eigenvalue weighted by molar-refractivity contribution is -0.122. The van der Waals surface area contributed by atoms with E-state index in [1.165, 1.54) is 7.11 Å². The van der Waals surface area contributed by atoms with Gasteiger partial charge in [0.2, 0.25) is 15.9 Å². The highest BCUT2D eigenvalue weighted by atomic mass is 32.2. The number of rotatable bonds is 10. The summed E-state index contributed by atoms with van der Waals surface area (Å²) in [5.41, 5.74) is 1.18. The minimum absolute atomic E-state index is 0.213. The summed E-state index contributed by atoms with van der Waals surface area (Å²) in [6.07, 6.45) is 1.07. The van der Waals surface area contributed by atoms with Crippen LogP contribution in [0.4, 0.5) is 5.69 Å². The minimum atomic E-state index is -3.69. The Morgan fingerprint density at radius 1 is 1.07 bits per heavy atom. The molecule has 0 radical (unpaired) electrons. The molecule has 164 valence electrons. The van der Waals surface area contributed by atoms with E-state index in [1.807, 2.05) is 6.92 Å². The van der Waals surface area contributed by atoms with E-state index in [2.05, 4.69) is 5.32 Å². The van der Waals surface area contributed by atoms with E-state index in [9.17, 15) is 13.2 Å². The Labute approximate surface area is 177 Å². The number of carbonyl (C=O) groups excluding carboxylic acids is 1. The van der Waals surface area contributed by atoms with Crippen molar-refractivity contribution in [2.24, 2.45) is 0 Å². The molecule has 9 heteroatoms. The second-order valence-corrected chi connectivity index (χ2v) is 8.43. The number of hydrogen-bond donors (Lipinski definition) is 1. The molecule has 0 fully saturated rings. The number of anilines is 1. The predicted molar refractivity (Wildman–Crippen MR) is 116 cm³/mol. The molecule has 8 nitrogen and oxygen atoms in total. The first-order chi connectivity index (χ1) is 14.2. The van der Waals surface area contributed by atoms with Crippen LogP contribution in [0.15, 0.2) is 42.5 Å². The summed E-state index contributed by atoms with van der Waals surface area (Å²) in [6, 6.07) is 10.9. The molecule has 0 bridgehead atoms. The van der Waals surface area contributed by atoms with Crippen LogP contribution in [0.25, 0.3) is 0 Å². The summed E-state index contributed by atoms with van der Waals surface area (Å²) >= 11 is 0. The number of ether oxygens (including phenoxy) is 3. The third-order valence-corrected chi connectivity index (χ3v) is 5.65. The largest absolute Gasteiger partial charge is 0.494 e. The van der Waals surface area contributed by atoms with Crippen molar-refractivity contribution >= 4 is 21.6 Å². The van der Waals surface area contributed by atoms with Crippen LogP contribution in [-0.4, -0.2) is 47.4 Å². The molecule has 1 amide bonds. The Balaban J connectivity index is 2.16. The van der Waals surface area contributed by atoms with Gasteiger partial charge in [0, 0.05) is 6.54 Å². The molecule has 2 rings (SSSR count). The normalized spacial score (nSPS) is 12.0. The summed E-state index contributed by atoms with van der Waals surface area (Å²) < 4.78 is 41.7. The van der Waals surface area contributed by atoms with Crippen LogP contribution in [0, 0.1) is 0 Å². The number of hydrogen-bond acceptors (Lipinski definition) is 6. The van der Waals surface area contributed by atoms with Gasteiger partial charge in [0.25, 0.3) is 0 Å². The minimum Gasteiger partial charge on any atom is -0.494 e. The van der Waals surface area contributed by atoms with E-state index in [4.69, 9.17) is 14.2 Å². The first kappa shape index (κ1) is 23.3. The van der Waals surface area contributed by atoms with Gasteiger partial charge in [-0.05, 0) is 55.8 Å². The van der Waals surface area contributed by atoms with Crippen LogP contribution in [0.2, 0.25) is 0 Å². The lowest BCUT2D eigenvalue weighted by Crippen LogP contribution is -2.47. The number of sulfonamides is 1. The molecule has 0 saturated heterocycles. The summed E-state index contributed by atoms with van der Waals surface area (Å²) in [5.74, 6) is 1.33. The predicted octanol–water partition coefficient (Wildman–Crippen LogP) is 2.57. The van der Waals surface area contributed by atoms with Crippen molar-refractivity contribution in [1.82, 2.24) is 5.32 Å². The Morgan fingerprint density at radius 3 is 2.23 bits per heavy atom. The zero-order valence-corrected chi connectivity index (χ0v) is 18.7. The fourth-order valence-corrected chi connectivity index (χ4v) is 4.17. The van der Waals surface area contributed by atoms with E-state index in [0.29, 0.717) is 29.5 Å². The summed E-state index contributed by atoms with van der Waals surface area (Å²) in [4.78, 5) is 12.7. The molecule has 0 saturated carbocycles. The number of carbonyl (C=O) groups is 1. The third kappa shape index (κ3) is 5.79. The van der Waals surface area contributed by atoms with E-state index in [1.54, 1.807) is 56.5 Å². The van der Waals surface area contributed by atoms with E-state index in [-0.39, 0.29) is 6.54 Å². The molecule has 0 heterocycles. The van der Waals surface area contributed by atoms with Crippen molar-refractivity contribution < 1.29 is 27.4 Å². The van der Waals surface area contributed by atoms with Crippen LogP contribution >= 0.6 is 0 Å². The smallest absolute Gasteiger partial charge is 0.243 e. The zero-order chi connectivity index (χ0) is 22.3. The number of benzene rings is 2. The summed E-state index contributed by atoms with van der Waals surface area (Å²) in [5, 5.41) is 2.78. The molecule has 1 N–H and O–H groups in total. The average Bonchev–Trinajstić information content (AvgIpc) is 2.72. The van der Waals surface area contributed by atoms with Crippen molar-refractivity contribution in [2.75, 3.05) is 31.4 Å². The van der Waals surface area contributed by atoms with Gasteiger partial charge >= 0.3 is 0 Å². The topological polar surface area (TPSA) is 94.2 Å². The SMILES string of the molecule is CCOc1ccc(N([C@@H](C)C(=O)NCc2ccc(OC)c(OC)c2)S(C)(=O)=O)cc1. The molecule has 0 aliphatic rings. The molecule has 30 heavy (non-hydrogen) atoms. The van der Waals surface area contributed by atoms with Gasteiger partial charge in [-0.1, -0.05) is 6.07 Å². The molecule has 0 aliphatic carbocycles. The number of amides is 1.